The number of hydrogen-bond donors (Lipinski definition) is 1. The van der Waals surface area contributed by atoms with E-state index in [1.54, 1.807) is 12.3 Å². The van der Waals surface area contributed by atoms with Crippen LogP contribution in [0.25, 0.3) is 22.1 Å². The predicted octanol–water partition coefficient (Wildman–Crippen LogP) is 5.03. The van der Waals surface area contributed by atoms with E-state index in [0.29, 0.717) is 24.0 Å². The lowest BCUT2D eigenvalue weighted by atomic mass is 10.1. The van der Waals surface area contributed by atoms with Crippen molar-refractivity contribution in [2.45, 2.75) is 44.3 Å². The number of carbonyl (C=O) groups excluding carboxylic acids is 1. The van der Waals surface area contributed by atoms with Crippen LogP contribution in [0.3, 0.4) is 0 Å². The van der Waals surface area contributed by atoms with E-state index in [0.717, 1.165) is 27.6 Å². The van der Waals surface area contributed by atoms with Crippen LogP contribution in [0.15, 0.2) is 70.4 Å². The van der Waals surface area contributed by atoms with Crippen molar-refractivity contribution < 1.29 is 9.21 Å². The first-order chi connectivity index (χ1) is 16.5. The van der Waals surface area contributed by atoms with Gasteiger partial charge in [-0.2, -0.15) is 0 Å². The number of nitrogens with one attached hydrogen (secondary N) is 1. The molecule has 0 aliphatic heterocycles. The number of carbonyl (C=O) groups is 1. The first-order valence-corrected chi connectivity index (χ1v) is 12.0. The van der Waals surface area contributed by atoms with E-state index in [2.05, 4.69) is 76.4 Å². The van der Waals surface area contributed by atoms with Gasteiger partial charge in [0.1, 0.15) is 11.3 Å². The average Bonchev–Trinajstić information content (AvgIpc) is 3.45. The molecule has 0 bridgehead atoms. The highest BCUT2D eigenvalue weighted by molar-refractivity contribution is 8.00. The third-order valence-electron chi connectivity index (χ3n) is 5.73. The van der Waals surface area contributed by atoms with Gasteiger partial charge in [0.25, 0.3) is 0 Å². The van der Waals surface area contributed by atoms with Crippen molar-refractivity contribution in [3.63, 3.8) is 0 Å². The van der Waals surface area contributed by atoms with Crippen molar-refractivity contribution in [1.29, 1.82) is 0 Å². The van der Waals surface area contributed by atoms with E-state index in [1.807, 2.05) is 13.0 Å². The molecule has 0 aliphatic carbocycles. The van der Waals surface area contributed by atoms with Crippen LogP contribution in [0.4, 0.5) is 0 Å². The van der Waals surface area contributed by atoms with Crippen molar-refractivity contribution in [3.8, 4) is 0 Å². The summed E-state index contributed by atoms with van der Waals surface area (Å²) in [5.74, 6) is 0.599. The van der Waals surface area contributed by atoms with Crippen LogP contribution >= 0.6 is 11.8 Å². The fourth-order valence-corrected chi connectivity index (χ4v) is 4.62. The lowest BCUT2D eigenvalue weighted by Crippen LogP contribution is -2.30. The zero-order valence-electron chi connectivity index (χ0n) is 19.3. The number of benzene rings is 2. The smallest absolute Gasteiger partial charge is 0.233 e. The van der Waals surface area contributed by atoms with Gasteiger partial charge >= 0.3 is 0 Å². The SMILES string of the molecule is Cc1ccc(Cn2c3ccc(C)cc3c3nnc(SC(C)C(=O)NCc4ccco4)nc32)cc1. The second-order valence-corrected chi connectivity index (χ2v) is 9.72. The van der Waals surface area contributed by atoms with Crippen LogP contribution in [0, 0.1) is 13.8 Å². The van der Waals surface area contributed by atoms with E-state index < -0.39 is 0 Å². The normalized spacial score (nSPS) is 12.3. The van der Waals surface area contributed by atoms with Gasteiger partial charge in [0, 0.05) is 11.9 Å². The minimum absolute atomic E-state index is 0.110. The van der Waals surface area contributed by atoms with Gasteiger partial charge in [0.05, 0.1) is 23.6 Å². The summed E-state index contributed by atoms with van der Waals surface area (Å²) in [5, 5.41) is 12.9. The van der Waals surface area contributed by atoms with E-state index >= 15 is 0 Å². The topological polar surface area (TPSA) is 85.8 Å². The summed E-state index contributed by atoms with van der Waals surface area (Å²) in [6, 6.07) is 18.5. The maximum Gasteiger partial charge on any atom is 0.233 e. The van der Waals surface area contributed by atoms with Crippen LogP contribution < -0.4 is 5.32 Å². The largest absolute Gasteiger partial charge is 0.467 e. The predicted molar refractivity (Wildman–Crippen MR) is 134 cm³/mol. The van der Waals surface area contributed by atoms with Gasteiger partial charge in [-0.25, -0.2) is 4.98 Å². The summed E-state index contributed by atoms with van der Waals surface area (Å²) in [6.07, 6.45) is 1.59. The second-order valence-electron chi connectivity index (χ2n) is 8.42. The van der Waals surface area contributed by atoms with Crippen molar-refractivity contribution in [3.05, 3.63) is 83.3 Å². The Balaban J connectivity index is 1.45. The highest BCUT2D eigenvalue weighted by Crippen LogP contribution is 2.30. The number of nitrogens with zero attached hydrogens (tertiary/aromatic N) is 4. The second kappa shape index (κ2) is 9.30. The van der Waals surface area contributed by atoms with Crippen LogP contribution in [-0.4, -0.2) is 30.9 Å². The van der Waals surface area contributed by atoms with Gasteiger partial charge in [-0.15, -0.1) is 10.2 Å². The Morgan fingerprint density at radius 3 is 2.65 bits per heavy atom. The number of aryl methyl sites for hydroxylation is 2. The number of fused-ring (bicyclic) bond motifs is 3. The Kier molecular flexibility index (Phi) is 6.06. The van der Waals surface area contributed by atoms with Gasteiger partial charge in [-0.1, -0.05) is 53.2 Å². The van der Waals surface area contributed by atoms with E-state index in [9.17, 15) is 4.79 Å². The summed E-state index contributed by atoms with van der Waals surface area (Å²) in [4.78, 5) is 17.4. The monoisotopic (exact) mass is 471 g/mol. The Bertz CT molecular complexity index is 1460. The molecule has 7 nitrogen and oxygen atoms in total. The maximum atomic E-state index is 12.6. The highest BCUT2D eigenvalue weighted by Gasteiger charge is 2.20. The minimum Gasteiger partial charge on any atom is -0.467 e. The maximum absolute atomic E-state index is 12.6. The molecular weight excluding hydrogens is 446 g/mol. The number of hydrogen-bond acceptors (Lipinski definition) is 6. The summed E-state index contributed by atoms with van der Waals surface area (Å²) < 4.78 is 7.45. The van der Waals surface area contributed by atoms with Crippen molar-refractivity contribution >= 4 is 39.7 Å². The van der Waals surface area contributed by atoms with E-state index in [-0.39, 0.29) is 11.2 Å². The molecule has 0 fully saturated rings. The average molecular weight is 472 g/mol. The third-order valence-corrected chi connectivity index (χ3v) is 6.68. The molecule has 2 aromatic carbocycles. The zero-order valence-corrected chi connectivity index (χ0v) is 20.1. The van der Waals surface area contributed by atoms with Crippen LogP contribution in [0.2, 0.25) is 0 Å². The Labute approximate surface area is 201 Å². The van der Waals surface area contributed by atoms with Crippen molar-refractivity contribution in [2.24, 2.45) is 0 Å². The van der Waals surface area contributed by atoms with Crippen LogP contribution in [0.5, 0.6) is 0 Å². The van der Waals surface area contributed by atoms with Gasteiger partial charge in [0.15, 0.2) is 5.65 Å². The third kappa shape index (κ3) is 4.54. The Morgan fingerprint density at radius 2 is 1.88 bits per heavy atom. The molecule has 1 amide bonds. The molecule has 0 saturated carbocycles. The number of amides is 1. The van der Waals surface area contributed by atoms with Gasteiger partial charge in [-0.3, -0.25) is 4.79 Å². The highest BCUT2D eigenvalue weighted by atomic mass is 32.2. The fraction of sp³-hybridized carbons (Fsp3) is 0.231. The molecule has 0 spiro atoms. The molecule has 1 unspecified atom stereocenters. The van der Waals surface area contributed by atoms with Gasteiger partial charge < -0.3 is 14.3 Å². The molecule has 0 saturated heterocycles. The summed E-state index contributed by atoms with van der Waals surface area (Å²) in [7, 11) is 0. The van der Waals surface area contributed by atoms with Gasteiger partial charge in [-0.05, 0) is 50.6 Å². The first kappa shape index (κ1) is 22.2. The molecule has 5 aromatic rings. The van der Waals surface area contributed by atoms with E-state index in [1.165, 1.54) is 22.9 Å². The minimum atomic E-state index is -0.383. The van der Waals surface area contributed by atoms with Gasteiger partial charge in [0.2, 0.25) is 11.1 Å². The number of rotatable bonds is 7. The van der Waals surface area contributed by atoms with E-state index in [4.69, 9.17) is 9.40 Å². The molecule has 8 heteroatoms. The molecule has 5 rings (SSSR count). The molecular formula is C26H25N5O2S. The molecule has 172 valence electrons. The molecule has 1 N–H and O–H groups in total. The lowest BCUT2D eigenvalue weighted by Gasteiger charge is -2.11. The summed E-state index contributed by atoms with van der Waals surface area (Å²) in [6.45, 7) is 7.00. The number of aromatic nitrogens is 4. The quantitative estimate of drug-likeness (QED) is 0.335. The standard InChI is InChI=1S/C26H25N5O2S/c1-16-6-9-19(10-7-16)15-31-22-11-8-17(2)13-21(22)23-24(31)28-26(30-29-23)34-18(3)25(32)27-14-20-5-4-12-33-20/h4-13,18H,14-15H2,1-3H3,(H,27,32). The fourth-order valence-electron chi connectivity index (χ4n) is 3.88. The summed E-state index contributed by atoms with van der Waals surface area (Å²) in [5.41, 5.74) is 6.16. The lowest BCUT2D eigenvalue weighted by molar-refractivity contribution is -0.120. The van der Waals surface area contributed by atoms with Crippen molar-refractivity contribution in [1.82, 2.24) is 25.1 Å². The number of thioether (sulfide) groups is 1. The molecule has 1 atom stereocenters. The number of furan rings is 1. The molecule has 0 aliphatic rings. The van der Waals surface area contributed by atoms with Crippen LogP contribution in [0.1, 0.15) is 29.4 Å². The Morgan fingerprint density at radius 1 is 1.09 bits per heavy atom. The molecule has 3 heterocycles. The molecule has 0 radical (unpaired) electrons. The Hall–Kier alpha value is -3.65. The summed E-state index contributed by atoms with van der Waals surface area (Å²) >= 11 is 1.29. The van der Waals surface area contributed by atoms with Crippen LogP contribution in [-0.2, 0) is 17.9 Å². The van der Waals surface area contributed by atoms with Crippen molar-refractivity contribution in [2.75, 3.05) is 0 Å². The zero-order chi connectivity index (χ0) is 23.7. The molecule has 34 heavy (non-hydrogen) atoms. The first-order valence-electron chi connectivity index (χ1n) is 11.1. The molecule has 3 aromatic heterocycles.